The first-order valence-corrected chi connectivity index (χ1v) is 7.77. The zero-order chi connectivity index (χ0) is 15.1. The van der Waals surface area contributed by atoms with Gasteiger partial charge in [0.15, 0.2) is 0 Å². The Bertz CT molecular complexity index is 572. The van der Waals surface area contributed by atoms with Crippen LogP contribution in [0.4, 0.5) is 0 Å². The van der Waals surface area contributed by atoms with Gasteiger partial charge in [-0.2, -0.15) is 0 Å². The Balaban J connectivity index is 1.97. The topological polar surface area (TPSA) is 56.3 Å². The van der Waals surface area contributed by atoms with Crippen molar-refractivity contribution in [3.05, 3.63) is 39.6 Å². The molecule has 0 aliphatic rings. The van der Waals surface area contributed by atoms with Crippen molar-refractivity contribution < 1.29 is 9.47 Å². The lowest BCUT2D eigenvalue weighted by Crippen LogP contribution is -2.20. The number of hydrogen-bond acceptors (Lipinski definition) is 6. The Morgan fingerprint density at radius 1 is 1.24 bits per heavy atom. The normalized spacial score (nSPS) is 10.8. The summed E-state index contributed by atoms with van der Waals surface area (Å²) in [5, 5.41) is 6.37. The Labute approximate surface area is 129 Å². The van der Waals surface area contributed by atoms with Crippen LogP contribution < -0.4 is 10.1 Å². The predicted octanol–water partition coefficient (Wildman–Crippen LogP) is 2.47. The molecule has 0 amide bonds. The summed E-state index contributed by atoms with van der Waals surface area (Å²) in [4.78, 5) is 8.94. The second kappa shape index (κ2) is 8.07. The van der Waals surface area contributed by atoms with Crippen molar-refractivity contribution >= 4 is 11.3 Å². The number of nitrogens with zero attached hydrogens (tertiary/aromatic N) is 2. The van der Waals surface area contributed by atoms with Crippen LogP contribution in [0.3, 0.4) is 0 Å². The maximum Gasteiger partial charge on any atom is 0.142 e. The van der Waals surface area contributed by atoms with E-state index in [1.54, 1.807) is 18.4 Å². The van der Waals surface area contributed by atoms with E-state index in [0.29, 0.717) is 19.8 Å². The molecule has 2 heterocycles. The number of rotatable bonds is 8. The molecule has 0 aliphatic heterocycles. The maximum absolute atomic E-state index is 5.86. The highest BCUT2D eigenvalue weighted by Gasteiger charge is 2.07. The minimum Gasteiger partial charge on any atom is -0.485 e. The van der Waals surface area contributed by atoms with Crippen molar-refractivity contribution in [1.29, 1.82) is 0 Å². The monoisotopic (exact) mass is 307 g/mol. The molecule has 21 heavy (non-hydrogen) atoms. The summed E-state index contributed by atoms with van der Waals surface area (Å²) in [5.41, 5.74) is 2.85. The number of pyridine rings is 1. The number of aryl methyl sites for hydroxylation is 2. The molecule has 0 saturated carbocycles. The highest BCUT2D eigenvalue weighted by Crippen LogP contribution is 2.19. The van der Waals surface area contributed by atoms with Crippen molar-refractivity contribution in [1.82, 2.24) is 15.3 Å². The molecule has 0 bridgehead atoms. The molecule has 0 spiro atoms. The molecule has 2 aromatic heterocycles. The molecule has 2 aromatic rings. The Hall–Kier alpha value is -1.50. The van der Waals surface area contributed by atoms with Gasteiger partial charge in [0.05, 0.1) is 23.0 Å². The highest BCUT2D eigenvalue weighted by atomic mass is 32.1. The fourth-order valence-corrected chi connectivity index (χ4v) is 2.46. The summed E-state index contributed by atoms with van der Waals surface area (Å²) in [5.74, 6) is 0.802. The van der Waals surface area contributed by atoms with Crippen molar-refractivity contribution in [2.45, 2.75) is 27.0 Å². The van der Waals surface area contributed by atoms with Gasteiger partial charge in [0.25, 0.3) is 0 Å². The van der Waals surface area contributed by atoms with Gasteiger partial charge in [-0.1, -0.05) is 0 Å². The molecule has 114 valence electrons. The second-order valence-electron chi connectivity index (χ2n) is 4.71. The van der Waals surface area contributed by atoms with E-state index in [9.17, 15) is 0 Å². The van der Waals surface area contributed by atoms with E-state index in [-0.39, 0.29) is 0 Å². The molecule has 1 N–H and O–H groups in total. The van der Waals surface area contributed by atoms with Gasteiger partial charge >= 0.3 is 0 Å². The van der Waals surface area contributed by atoms with E-state index >= 15 is 0 Å². The third-order valence-corrected chi connectivity index (χ3v) is 3.71. The van der Waals surface area contributed by atoms with Crippen LogP contribution in [0.2, 0.25) is 0 Å². The standard InChI is InChI=1S/C15H21N3O2S/c1-11-4-5-15(14(17-11)8-16-6-7-19-3)20-9-13-10-21-12(2)18-13/h4-5,10,16H,6-9H2,1-3H3. The Morgan fingerprint density at radius 2 is 2.10 bits per heavy atom. The van der Waals surface area contributed by atoms with Gasteiger partial charge in [-0.05, 0) is 26.0 Å². The van der Waals surface area contributed by atoms with Crippen LogP contribution in [0.15, 0.2) is 17.5 Å². The first-order valence-electron chi connectivity index (χ1n) is 6.89. The van der Waals surface area contributed by atoms with Gasteiger partial charge in [0, 0.05) is 31.3 Å². The van der Waals surface area contributed by atoms with Crippen LogP contribution in [-0.2, 0) is 17.9 Å². The molecule has 0 fully saturated rings. The van der Waals surface area contributed by atoms with Crippen LogP contribution >= 0.6 is 11.3 Å². The van der Waals surface area contributed by atoms with Gasteiger partial charge < -0.3 is 14.8 Å². The number of aromatic nitrogens is 2. The lowest BCUT2D eigenvalue weighted by atomic mass is 10.3. The lowest BCUT2D eigenvalue weighted by molar-refractivity contribution is 0.198. The number of methoxy groups -OCH3 is 1. The van der Waals surface area contributed by atoms with Crippen LogP contribution in [0, 0.1) is 13.8 Å². The van der Waals surface area contributed by atoms with Crippen molar-refractivity contribution in [3.63, 3.8) is 0 Å². The highest BCUT2D eigenvalue weighted by molar-refractivity contribution is 7.09. The number of nitrogens with one attached hydrogen (secondary N) is 1. The molecule has 6 heteroatoms. The van der Waals surface area contributed by atoms with Crippen LogP contribution in [0.25, 0.3) is 0 Å². The van der Waals surface area contributed by atoms with Crippen molar-refractivity contribution in [2.75, 3.05) is 20.3 Å². The first-order chi connectivity index (χ1) is 10.2. The average Bonchev–Trinajstić information content (AvgIpc) is 2.88. The molecular weight excluding hydrogens is 286 g/mol. The zero-order valence-electron chi connectivity index (χ0n) is 12.7. The minimum absolute atomic E-state index is 0.472. The molecular formula is C15H21N3O2S. The fourth-order valence-electron chi connectivity index (χ4n) is 1.86. The predicted molar refractivity (Wildman–Crippen MR) is 83.7 cm³/mol. The fraction of sp³-hybridized carbons (Fsp3) is 0.467. The van der Waals surface area contributed by atoms with Crippen molar-refractivity contribution in [3.8, 4) is 5.75 Å². The third kappa shape index (κ3) is 5.08. The average molecular weight is 307 g/mol. The van der Waals surface area contributed by atoms with Crippen LogP contribution in [0.1, 0.15) is 22.1 Å². The smallest absolute Gasteiger partial charge is 0.142 e. The number of thiazole rings is 1. The number of ether oxygens (including phenoxy) is 2. The van der Waals surface area contributed by atoms with Crippen LogP contribution in [0.5, 0.6) is 5.75 Å². The second-order valence-corrected chi connectivity index (χ2v) is 5.78. The maximum atomic E-state index is 5.86. The largest absolute Gasteiger partial charge is 0.485 e. The molecule has 2 rings (SSSR count). The molecule has 0 unspecified atom stereocenters. The lowest BCUT2D eigenvalue weighted by Gasteiger charge is -2.11. The Morgan fingerprint density at radius 3 is 2.81 bits per heavy atom. The number of hydrogen-bond donors (Lipinski definition) is 1. The van der Waals surface area contributed by atoms with Gasteiger partial charge in [0.2, 0.25) is 0 Å². The summed E-state index contributed by atoms with van der Waals surface area (Å²) in [6, 6.07) is 3.93. The van der Waals surface area contributed by atoms with E-state index in [1.807, 2.05) is 31.4 Å². The molecule has 0 aliphatic carbocycles. The van der Waals surface area contributed by atoms with E-state index in [4.69, 9.17) is 9.47 Å². The quantitative estimate of drug-likeness (QED) is 0.759. The zero-order valence-corrected chi connectivity index (χ0v) is 13.5. The molecule has 0 atom stereocenters. The molecule has 0 radical (unpaired) electrons. The minimum atomic E-state index is 0.472. The van der Waals surface area contributed by atoms with E-state index in [2.05, 4.69) is 15.3 Å². The summed E-state index contributed by atoms with van der Waals surface area (Å²) < 4.78 is 10.9. The summed E-state index contributed by atoms with van der Waals surface area (Å²) >= 11 is 1.63. The summed E-state index contributed by atoms with van der Waals surface area (Å²) in [6.45, 7) is 6.58. The molecule has 0 saturated heterocycles. The van der Waals surface area contributed by atoms with Gasteiger partial charge in [-0.3, -0.25) is 4.98 Å². The first kappa shape index (κ1) is 15.9. The van der Waals surface area contributed by atoms with Gasteiger partial charge in [-0.25, -0.2) is 4.98 Å². The SMILES string of the molecule is COCCNCc1nc(C)ccc1OCc1csc(C)n1. The van der Waals surface area contributed by atoms with E-state index < -0.39 is 0 Å². The van der Waals surface area contributed by atoms with E-state index in [1.165, 1.54) is 0 Å². The van der Waals surface area contributed by atoms with Crippen molar-refractivity contribution in [2.24, 2.45) is 0 Å². The van der Waals surface area contributed by atoms with E-state index in [0.717, 1.165) is 34.4 Å². The Kier molecular flexibility index (Phi) is 6.10. The van der Waals surface area contributed by atoms with Gasteiger partial charge in [0.1, 0.15) is 12.4 Å². The van der Waals surface area contributed by atoms with Gasteiger partial charge in [-0.15, -0.1) is 11.3 Å². The summed E-state index contributed by atoms with van der Waals surface area (Å²) in [7, 11) is 1.69. The third-order valence-electron chi connectivity index (χ3n) is 2.89. The summed E-state index contributed by atoms with van der Waals surface area (Å²) in [6.07, 6.45) is 0. The molecule has 5 nitrogen and oxygen atoms in total. The van der Waals surface area contributed by atoms with Crippen LogP contribution in [-0.4, -0.2) is 30.2 Å². The molecule has 0 aromatic carbocycles.